The molecule has 3 N–H and O–H groups in total. The Kier molecular flexibility index (Phi) is 4.31. The first-order chi connectivity index (χ1) is 10.9. The smallest absolute Gasteiger partial charge is 0.399 e. The zero-order valence-corrected chi connectivity index (χ0v) is 12.6. The molecular weight excluding hydrogens is 301 g/mol. The second-order valence-electron chi connectivity index (χ2n) is 6.08. The molecule has 5 heteroatoms. The molecule has 0 aliphatic heterocycles. The minimum atomic E-state index is -4.34. The van der Waals surface area contributed by atoms with Gasteiger partial charge in [-0.15, -0.1) is 0 Å². The number of benzene rings is 2. The Bertz CT molecular complexity index is 678. The highest BCUT2D eigenvalue weighted by molar-refractivity contribution is 5.45. The molecule has 1 unspecified atom stereocenters. The molecule has 3 rings (SSSR count). The Morgan fingerprint density at radius 3 is 2.30 bits per heavy atom. The van der Waals surface area contributed by atoms with E-state index in [1.807, 2.05) is 18.2 Å². The standard InChI is InChI=1S/C18H19F3N2/c19-18(20,21)15-5-1-3-13(9-15)17(23-11-12-7-8-12)14-4-2-6-16(22)10-14/h1-6,9-10,12,17,23H,7-8,11,22H2. The first-order valence-electron chi connectivity index (χ1n) is 7.69. The van der Waals surface area contributed by atoms with E-state index in [4.69, 9.17) is 5.73 Å². The average Bonchev–Trinajstić information content (AvgIpc) is 3.31. The van der Waals surface area contributed by atoms with Gasteiger partial charge in [-0.2, -0.15) is 13.2 Å². The van der Waals surface area contributed by atoms with Gasteiger partial charge in [0.15, 0.2) is 0 Å². The zero-order chi connectivity index (χ0) is 16.4. The van der Waals surface area contributed by atoms with Gasteiger partial charge in [0.05, 0.1) is 11.6 Å². The van der Waals surface area contributed by atoms with Crippen LogP contribution in [0.3, 0.4) is 0 Å². The Labute approximate surface area is 133 Å². The van der Waals surface area contributed by atoms with Crippen molar-refractivity contribution in [3.05, 3.63) is 65.2 Å². The molecule has 2 aromatic carbocycles. The first-order valence-corrected chi connectivity index (χ1v) is 7.69. The molecule has 0 bridgehead atoms. The third-order valence-electron chi connectivity index (χ3n) is 4.10. The van der Waals surface area contributed by atoms with Crippen LogP contribution < -0.4 is 11.1 Å². The lowest BCUT2D eigenvalue weighted by Crippen LogP contribution is -2.25. The van der Waals surface area contributed by atoms with E-state index in [0.29, 0.717) is 17.2 Å². The number of rotatable bonds is 5. The lowest BCUT2D eigenvalue weighted by atomic mass is 9.96. The van der Waals surface area contributed by atoms with Gasteiger partial charge in [-0.25, -0.2) is 0 Å². The van der Waals surface area contributed by atoms with Gasteiger partial charge in [0.25, 0.3) is 0 Å². The maximum Gasteiger partial charge on any atom is 0.416 e. The van der Waals surface area contributed by atoms with E-state index in [1.54, 1.807) is 12.1 Å². The van der Waals surface area contributed by atoms with Crippen LogP contribution in [0.25, 0.3) is 0 Å². The molecule has 2 aromatic rings. The van der Waals surface area contributed by atoms with Gasteiger partial charge in [0.1, 0.15) is 0 Å². The largest absolute Gasteiger partial charge is 0.416 e. The summed E-state index contributed by atoms with van der Waals surface area (Å²) in [7, 11) is 0. The summed E-state index contributed by atoms with van der Waals surface area (Å²) in [4.78, 5) is 0. The summed E-state index contributed by atoms with van der Waals surface area (Å²) in [6.07, 6.45) is -1.98. The predicted octanol–water partition coefficient (Wildman–Crippen LogP) is 4.38. The number of nitrogen functional groups attached to an aromatic ring is 1. The molecule has 0 radical (unpaired) electrons. The van der Waals surface area contributed by atoms with Crippen LogP contribution in [-0.2, 0) is 6.18 Å². The maximum absolute atomic E-state index is 13.0. The van der Waals surface area contributed by atoms with Crippen molar-refractivity contribution < 1.29 is 13.2 Å². The quantitative estimate of drug-likeness (QED) is 0.803. The van der Waals surface area contributed by atoms with Gasteiger partial charge in [-0.05, 0) is 60.7 Å². The summed E-state index contributed by atoms with van der Waals surface area (Å²) in [6, 6.07) is 12.5. The average molecular weight is 320 g/mol. The Hall–Kier alpha value is -2.01. The Balaban J connectivity index is 1.93. The molecule has 0 heterocycles. The van der Waals surface area contributed by atoms with Gasteiger partial charge in [0, 0.05) is 5.69 Å². The lowest BCUT2D eigenvalue weighted by molar-refractivity contribution is -0.137. The topological polar surface area (TPSA) is 38.0 Å². The van der Waals surface area contributed by atoms with Gasteiger partial charge in [0.2, 0.25) is 0 Å². The normalized spacial score (nSPS) is 16.3. The Morgan fingerprint density at radius 1 is 1.04 bits per heavy atom. The molecular formula is C18H19F3N2. The van der Waals surface area contributed by atoms with E-state index >= 15 is 0 Å². The molecule has 0 aromatic heterocycles. The second kappa shape index (κ2) is 6.24. The molecule has 1 aliphatic rings. The van der Waals surface area contributed by atoms with E-state index in [2.05, 4.69) is 5.32 Å². The van der Waals surface area contributed by atoms with E-state index < -0.39 is 11.7 Å². The number of hydrogen-bond donors (Lipinski definition) is 2. The fourth-order valence-electron chi connectivity index (χ4n) is 2.67. The fraction of sp³-hybridized carbons (Fsp3) is 0.333. The highest BCUT2D eigenvalue weighted by Crippen LogP contribution is 2.34. The minimum absolute atomic E-state index is 0.290. The molecule has 2 nitrogen and oxygen atoms in total. The number of halogens is 3. The fourth-order valence-corrected chi connectivity index (χ4v) is 2.67. The molecule has 0 amide bonds. The minimum Gasteiger partial charge on any atom is -0.399 e. The number of hydrogen-bond acceptors (Lipinski definition) is 2. The third-order valence-corrected chi connectivity index (χ3v) is 4.10. The van der Waals surface area contributed by atoms with Crippen LogP contribution in [0.2, 0.25) is 0 Å². The summed E-state index contributed by atoms with van der Waals surface area (Å²) >= 11 is 0. The van der Waals surface area contributed by atoms with E-state index in [-0.39, 0.29) is 6.04 Å². The molecule has 0 spiro atoms. The van der Waals surface area contributed by atoms with Crippen LogP contribution >= 0.6 is 0 Å². The van der Waals surface area contributed by atoms with E-state index in [1.165, 1.54) is 25.0 Å². The van der Waals surface area contributed by atoms with Crippen molar-refractivity contribution in [3.63, 3.8) is 0 Å². The molecule has 1 saturated carbocycles. The van der Waals surface area contributed by atoms with Crippen LogP contribution in [0.1, 0.15) is 35.6 Å². The number of anilines is 1. The van der Waals surface area contributed by atoms with Gasteiger partial charge < -0.3 is 11.1 Å². The number of nitrogens with one attached hydrogen (secondary N) is 1. The van der Waals surface area contributed by atoms with Crippen molar-refractivity contribution >= 4 is 5.69 Å². The van der Waals surface area contributed by atoms with E-state index in [9.17, 15) is 13.2 Å². The third kappa shape index (κ3) is 4.05. The molecule has 23 heavy (non-hydrogen) atoms. The highest BCUT2D eigenvalue weighted by Gasteiger charge is 2.31. The summed E-state index contributed by atoms with van der Waals surface area (Å²) in [6.45, 7) is 0.801. The van der Waals surface area contributed by atoms with Gasteiger partial charge >= 0.3 is 6.18 Å². The van der Waals surface area contributed by atoms with Gasteiger partial charge in [-0.3, -0.25) is 0 Å². The summed E-state index contributed by atoms with van der Waals surface area (Å²) in [5.41, 5.74) is 7.29. The zero-order valence-electron chi connectivity index (χ0n) is 12.6. The summed E-state index contributed by atoms with van der Waals surface area (Å²) < 4.78 is 38.9. The van der Waals surface area contributed by atoms with Crippen molar-refractivity contribution in [2.24, 2.45) is 5.92 Å². The second-order valence-corrected chi connectivity index (χ2v) is 6.08. The molecule has 122 valence electrons. The van der Waals surface area contributed by atoms with Crippen LogP contribution in [0.5, 0.6) is 0 Å². The van der Waals surface area contributed by atoms with Crippen LogP contribution in [0.4, 0.5) is 18.9 Å². The van der Waals surface area contributed by atoms with Crippen LogP contribution in [0, 0.1) is 5.92 Å². The predicted molar refractivity (Wildman–Crippen MR) is 84.9 cm³/mol. The summed E-state index contributed by atoms with van der Waals surface area (Å²) in [5, 5.41) is 3.40. The molecule has 1 aliphatic carbocycles. The number of alkyl halides is 3. The van der Waals surface area contributed by atoms with Crippen molar-refractivity contribution in [1.29, 1.82) is 0 Å². The highest BCUT2D eigenvalue weighted by atomic mass is 19.4. The molecule has 0 saturated heterocycles. The van der Waals surface area contributed by atoms with Crippen molar-refractivity contribution in [2.45, 2.75) is 25.1 Å². The first kappa shape index (κ1) is 15.9. The Morgan fingerprint density at radius 2 is 1.70 bits per heavy atom. The molecule has 1 fully saturated rings. The van der Waals surface area contributed by atoms with Crippen molar-refractivity contribution in [3.8, 4) is 0 Å². The number of nitrogens with two attached hydrogens (primary N) is 1. The molecule has 1 atom stereocenters. The SMILES string of the molecule is Nc1cccc(C(NCC2CC2)c2cccc(C(F)(F)F)c2)c1. The van der Waals surface area contributed by atoms with E-state index in [0.717, 1.165) is 18.2 Å². The maximum atomic E-state index is 13.0. The summed E-state index contributed by atoms with van der Waals surface area (Å²) in [5.74, 6) is 0.629. The lowest BCUT2D eigenvalue weighted by Gasteiger charge is -2.21. The van der Waals surface area contributed by atoms with Crippen LogP contribution in [0.15, 0.2) is 48.5 Å². The van der Waals surface area contributed by atoms with Crippen molar-refractivity contribution in [2.75, 3.05) is 12.3 Å². The monoisotopic (exact) mass is 320 g/mol. The van der Waals surface area contributed by atoms with Gasteiger partial charge in [-0.1, -0.05) is 24.3 Å². The van der Waals surface area contributed by atoms with Crippen LogP contribution in [-0.4, -0.2) is 6.54 Å². The van der Waals surface area contributed by atoms with Crippen molar-refractivity contribution in [1.82, 2.24) is 5.32 Å².